The maximum Gasteiger partial charge on any atom is 0.0192 e. The SMILES string of the molecule is CC(CNCCc1ccccc1)N1CCCCC1. The summed E-state index contributed by atoms with van der Waals surface area (Å²) in [5.41, 5.74) is 1.43. The Kier molecular flexibility index (Phi) is 5.69. The van der Waals surface area contributed by atoms with Gasteiger partial charge in [0.25, 0.3) is 0 Å². The van der Waals surface area contributed by atoms with Crippen molar-refractivity contribution < 1.29 is 0 Å². The van der Waals surface area contributed by atoms with Gasteiger partial charge in [-0.15, -0.1) is 0 Å². The zero-order chi connectivity index (χ0) is 12.6. The van der Waals surface area contributed by atoms with Crippen LogP contribution < -0.4 is 5.32 Å². The van der Waals surface area contributed by atoms with E-state index in [4.69, 9.17) is 0 Å². The zero-order valence-electron chi connectivity index (χ0n) is 11.6. The molecular weight excluding hydrogens is 220 g/mol. The average molecular weight is 246 g/mol. The first-order valence-corrected chi connectivity index (χ1v) is 7.35. The third kappa shape index (κ3) is 4.43. The topological polar surface area (TPSA) is 15.3 Å². The molecule has 0 aliphatic carbocycles. The van der Waals surface area contributed by atoms with Crippen molar-refractivity contribution >= 4 is 0 Å². The summed E-state index contributed by atoms with van der Waals surface area (Å²) in [5.74, 6) is 0. The number of hydrogen-bond acceptors (Lipinski definition) is 2. The molecule has 18 heavy (non-hydrogen) atoms. The van der Waals surface area contributed by atoms with Crippen molar-refractivity contribution in [2.75, 3.05) is 26.2 Å². The molecule has 100 valence electrons. The van der Waals surface area contributed by atoms with Crippen LogP contribution in [-0.4, -0.2) is 37.1 Å². The van der Waals surface area contributed by atoms with Gasteiger partial charge in [-0.25, -0.2) is 0 Å². The van der Waals surface area contributed by atoms with Gasteiger partial charge in [0.15, 0.2) is 0 Å². The molecule has 1 aliphatic heterocycles. The zero-order valence-corrected chi connectivity index (χ0v) is 11.6. The van der Waals surface area contributed by atoms with E-state index >= 15 is 0 Å². The summed E-state index contributed by atoms with van der Waals surface area (Å²) in [6.45, 7) is 7.14. The van der Waals surface area contributed by atoms with E-state index in [9.17, 15) is 0 Å². The van der Waals surface area contributed by atoms with Crippen LogP contribution in [-0.2, 0) is 6.42 Å². The predicted molar refractivity (Wildman–Crippen MR) is 77.9 cm³/mol. The van der Waals surface area contributed by atoms with Crippen LogP contribution in [0, 0.1) is 0 Å². The molecule has 1 unspecified atom stereocenters. The van der Waals surface area contributed by atoms with Crippen LogP contribution in [0.4, 0.5) is 0 Å². The molecule has 0 bridgehead atoms. The number of benzene rings is 1. The van der Waals surface area contributed by atoms with E-state index in [0.29, 0.717) is 6.04 Å². The minimum absolute atomic E-state index is 0.682. The van der Waals surface area contributed by atoms with E-state index in [-0.39, 0.29) is 0 Å². The number of piperidine rings is 1. The quantitative estimate of drug-likeness (QED) is 0.776. The van der Waals surface area contributed by atoms with E-state index < -0.39 is 0 Å². The van der Waals surface area contributed by atoms with Crippen LogP contribution in [0.5, 0.6) is 0 Å². The number of nitrogens with one attached hydrogen (secondary N) is 1. The molecule has 0 radical (unpaired) electrons. The van der Waals surface area contributed by atoms with E-state index in [2.05, 4.69) is 47.5 Å². The minimum Gasteiger partial charge on any atom is -0.315 e. The van der Waals surface area contributed by atoms with Crippen LogP contribution in [0.25, 0.3) is 0 Å². The minimum atomic E-state index is 0.682. The molecule has 1 heterocycles. The Bertz CT molecular complexity index is 317. The predicted octanol–water partition coefficient (Wildman–Crippen LogP) is 2.69. The van der Waals surface area contributed by atoms with Gasteiger partial charge in [-0.1, -0.05) is 36.8 Å². The Morgan fingerprint density at radius 3 is 2.56 bits per heavy atom. The van der Waals surface area contributed by atoms with Gasteiger partial charge < -0.3 is 5.32 Å². The van der Waals surface area contributed by atoms with Gasteiger partial charge in [0.2, 0.25) is 0 Å². The Labute approximate surface area is 111 Å². The first-order valence-electron chi connectivity index (χ1n) is 7.35. The van der Waals surface area contributed by atoms with Gasteiger partial charge in [0.1, 0.15) is 0 Å². The molecule has 0 saturated carbocycles. The van der Waals surface area contributed by atoms with Crippen molar-refractivity contribution in [1.29, 1.82) is 0 Å². The third-order valence-electron chi connectivity index (χ3n) is 3.89. The van der Waals surface area contributed by atoms with Crippen molar-refractivity contribution in [3.05, 3.63) is 35.9 Å². The summed E-state index contributed by atoms with van der Waals surface area (Å²) >= 11 is 0. The van der Waals surface area contributed by atoms with E-state index in [1.165, 1.54) is 37.9 Å². The fourth-order valence-corrected chi connectivity index (χ4v) is 2.68. The van der Waals surface area contributed by atoms with Crippen molar-refractivity contribution in [3.63, 3.8) is 0 Å². The molecule has 0 spiro atoms. The van der Waals surface area contributed by atoms with Crippen molar-refractivity contribution in [2.45, 2.75) is 38.6 Å². The van der Waals surface area contributed by atoms with Gasteiger partial charge in [0.05, 0.1) is 0 Å². The lowest BCUT2D eigenvalue weighted by molar-refractivity contribution is 0.171. The molecule has 2 nitrogen and oxygen atoms in total. The van der Waals surface area contributed by atoms with Crippen LogP contribution >= 0.6 is 0 Å². The smallest absolute Gasteiger partial charge is 0.0192 e. The second-order valence-corrected chi connectivity index (χ2v) is 5.39. The Morgan fingerprint density at radius 2 is 1.83 bits per heavy atom. The lowest BCUT2D eigenvalue weighted by Gasteiger charge is -2.32. The molecule has 1 aromatic carbocycles. The average Bonchev–Trinajstić information content (AvgIpc) is 2.45. The summed E-state index contributed by atoms with van der Waals surface area (Å²) < 4.78 is 0. The molecule has 2 heteroatoms. The molecule has 1 aromatic rings. The fourth-order valence-electron chi connectivity index (χ4n) is 2.68. The van der Waals surface area contributed by atoms with Crippen molar-refractivity contribution in [3.8, 4) is 0 Å². The highest BCUT2D eigenvalue weighted by molar-refractivity contribution is 5.14. The summed E-state index contributed by atoms with van der Waals surface area (Å²) in [6, 6.07) is 11.4. The van der Waals surface area contributed by atoms with Gasteiger partial charge in [0, 0.05) is 12.6 Å². The standard InChI is InChI=1S/C16H26N2/c1-15(18-12-6-3-7-13-18)14-17-11-10-16-8-4-2-5-9-16/h2,4-5,8-9,15,17H,3,6-7,10-14H2,1H3. The monoisotopic (exact) mass is 246 g/mol. The molecule has 1 fully saturated rings. The summed E-state index contributed by atoms with van der Waals surface area (Å²) in [6.07, 6.45) is 5.32. The second-order valence-electron chi connectivity index (χ2n) is 5.39. The third-order valence-corrected chi connectivity index (χ3v) is 3.89. The van der Waals surface area contributed by atoms with Crippen LogP contribution in [0.1, 0.15) is 31.7 Å². The van der Waals surface area contributed by atoms with Crippen LogP contribution in [0.15, 0.2) is 30.3 Å². The van der Waals surface area contributed by atoms with Gasteiger partial charge in [-0.05, 0) is 51.4 Å². The molecule has 0 aromatic heterocycles. The summed E-state index contributed by atoms with van der Waals surface area (Å²) in [4.78, 5) is 2.62. The highest BCUT2D eigenvalue weighted by Crippen LogP contribution is 2.11. The Morgan fingerprint density at radius 1 is 1.11 bits per heavy atom. The first kappa shape index (κ1) is 13.6. The van der Waals surface area contributed by atoms with E-state index in [0.717, 1.165) is 19.5 Å². The lowest BCUT2D eigenvalue weighted by Crippen LogP contribution is -2.43. The summed E-state index contributed by atoms with van der Waals surface area (Å²) in [5, 5.41) is 3.59. The Balaban J connectivity index is 1.60. The number of nitrogens with zero attached hydrogens (tertiary/aromatic N) is 1. The maximum atomic E-state index is 3.59. The van der Waals surface area contributed by atoms with Gasteiger partial charge in [-0.2, -0.15) is 0 Å². The normalized spacial score (nSPS) is 18.7. The molecule has 1 N–H and O–H groups in total. The highest BCUT2D eigenvalue weighted by Gasteiger charge is 2.15. The fraction of sp³-hybridized carbons (Fsp3) is 0.625. The van der Waals surface area contributed by atoms with Gasteiger partial charge in [-0.3, -0.25) is 4.90 Å². The molecule has 1 saturated heterocycles. The van der Waals surface area contributed by atoms with E-state index in [1.54, 1.807) is 0 Å². The molecule has 1 aliphatic rings. The summed E-state index contributed by atoms with van der Waals surface area (Å²) in [7, 11) is 0. The second kappa shape index (κ2) is 7.55. The number of hydrogen-bond donors (Lipinski definition) is 1. The highest BCUT2D eigenvalue weighted by atomic mass is 15.2. The molecule has 1 atom stereocenters. The van der Waals surface area contributed by atoms with Crippen molar-refractivity contribution in [1.82, 2.24) is 10.2 Å². The first-order chi connectivity index (χ1) is 8.86. The molecule has 2 rings (SSSR count). The largest absolute Gasteiger partial charge is 0.315 e. The van der Waals surface area contributed by atoms with Crippen LogP contribution in [0.3, 0.4) is 0 Å². The van der Waals surface area contributed by atoms with Gasteiger partial charge >= 0.3 is 0 Å². The molecular formula is C16H26N2. The maximum absolute atomic E-state index is 3.59. The molecule has 0 amide bonds. The number of rotatable bonds is 6. The van der Waals surface area contributed by atoms with Crippen LogP contribution in [0.2, 0.25) is 0 Å². The lowest BCUT2D eigenvalue weighted by atomic mass is 10.1. The Hall–Kier alpha value is -0.860. The van der Waals surface area contributed by atoms with Crippen molar-refractivity contribution in [2.24, 2.45) is 0 Å². The number of likely N-dealkylation sites (tertiary alicyclic amines) is 1. The van der Waals surface area contributed by atoms with E-state index in [1.807, 2.05) is 0 Å².